The molecule has 1 aliphatic rings. The van der Waals surface area contributed by atoms with Crippen molar-refractivity contribution in [2.24, 2.45) is 10.4 Å². The number of halogens is 4. The molecule has 0 unspecified atom stereocenters. The molecule has 29 heavy (non-hydrogen) atoms. The van der Waals surface area contributed by atoms with Crippen LogP contribution in [0.25, 0.3) is 0 Å². The highest BCUT2D eigenvalue weighted by atomic mass is 127. The highest BCUT2D eigenvalue weighted by molar-refractivity contribution is 14.0. The molecule has 0 aromatic carbocycles. The van der Waals surface area contributed by atoms with Crippen LogP contribution in [0.3, 0.4) is 0 Å². The smallest absolute Gasteiger partial charge is 0.357 e. The van der Waals surface area contributed by atoms with E-state index in [4.69, 9.17) is 0 Å². The standard InChI is InChI=1S/C16H30F3N5O3S.HI/c1-5-20-14(22-9-8-21-13(25)15(2,3)4)23-12-6-10-24(11-7-12)28(26,27)16(17,18)19;/h12H,5-11H2,1-4H3,(H,21,25)(H2,20,22,23);1H. The average molecular weight is 557 g/mol. The van der Waals surface area contributed by atoms with Crippen LogP contribution in [-0.4, -0.2) is 68.9 Å². The van der Waals surface area contributed by atoms with Crippen molar-refractivity contribution in [3.8, 4) is 0 Å². The lowest BCUT2D eigenvalue weighted by molar-refractivity contribution is -0.128. The van der Waals surface area contributed by atoms with E-state index in [0.29, 0.717) is 29.9 Å². The predicted molar refractivity (Wildman–Crippen MR) is 117 cm³/mol. The Kier molecular flexibility index (Phi) is 11.2. The van der Waals surface area contributed by atoms with Gasteiger partial charge in [0.15, 0.2) is 5.96 Å². The van der Waals surface area contributed by atoms with E-state index in [1.54, 1.807) is 0 Å². The second-order valence-corrected chi connectivity index (χ2v) is 9.46. The van der Waals surface area contributed by atoms with Crippen LogP contribution in [0.5, 0.6) is 0 Å². The summed E-state index contributed by atoms with van der Waals surface area (Å²) in [5.41, 5.74) is -5.77. The van der Waals surface area contributed by atoms with Gasteiger partial charge in [0.1, 0.15) is 0 Å². The van der Waals surface area contributed by atoms with Crippen molar-refractivity contribution in [1.82, 2.24) is 20.3 Å². The second-order valence-electron chi connectivity index (χ2n) is 7.53. The molecular formula is C16H31F3IN5O3S. The number of carbonyl (C=O) groups is 1. The zero-order valence-electron chi connectivity index (χ0n) is 17.1. The van der Waals surface area contributed by atoms with Gasteiger partial charge in [-0.2, -0.15) is 17.5 Å². The van der Waals surface area contributed by atoms with E-state index >= 15 is 0 Å². The number of amides is 1. The fraction of sp³-hybridized carbons (Fsp3) is 0.875. The highest BCUT2D eigenvalue weighted by Gasteiger charge is 2.50. The van der Waals surface area contributed by atoms with Crippen molar-refractivity contribution in [1.29, 1.82) is 0 Å². The number of hydrogen-bond donors (Lipinski definition) is 3. The Morgan fingerprint density at radius 2 is 1.69 bits per heavy atom. The van der Waals surface area contributed by atoms with Gasteiger partial charge in [-0.15, -0.1) is 24.0 Å². The van der Waals surface area contributed by atoms with E-state index in [0.717, 1.165) is 0 Å². The van der Waals surface area contributed by atoms with Gasteiger partial charge < -0.3 is 16.0 Å². The normalized spacial score (nSPS) is 17.4. The third-order valence-corrected chi connectivity index (χ3v) is 5.75. The van der Waals surface area contributed by atoms with Gasteiger partial charge in [0.25, 0.3) is 0 Å². The third kappa shape index (κ3) is 8.82. The number of piperidine rings is 1. The zero-order chi connectivity index (χ0) is 21.6. The minimum absolute atomic E-state index is 0. The van der Waals surface area contributed by atoms with Gasteiger partial charge in [0.05, 0.1) is 6.54 Å². The van der Waals surface area contributed by atoms with Crippen LogP contribution in [0.1, 0.15) is 40.5 Å². The Labute approximate surface area is 187 Å². The Morgan fingerprint density at radius 1 is 1.14 bits per heavy atom. The summed E-state index contributed by atoms with van der Waals surface area (Å²) in [5, 5.41) is 8.92. The van der Waals surface area contributed by atoms with Crippen molar-refractivity contribution in [3.63, 3.8) is 0 Å². The van der Waals surface area contributed by atoms with E-state index in [-0.39, 0.29) is 61.9 Å². The Hall–Kier alpha value is -0.830. The molecule has 0 saturated carbocycles. The fourth-order valence-electron chi connectivity index (χ4n) is 2.50. The number of aliphatic imine (C=N–C) groups is 1. The molecule has 0 aliphatic carbocycles. The van der Waals surface area contributed by atoms with Crippen molar-refractivity contribution in [3.05, 3.63) is 0 Å². The molecule has 3 N–H and O–H groups in total. The van der Waals surface area contributed by atoms with Crippen LogP contribution in [0, 0.1) is 5.41 Å². The van der Waals surface area contributed by atoms with E-state index in [1.807, 2.05) is 27.7 Å². The molecule has 1 amide bonds. The van der Waals surface area contributed by atoms with Gasteiger partial charge in [0, 0.05) is 37.6 Å². The number of nitrogens with one attached hydrogen (secondary N) is 3. The van der Waals surface area contributed by atoms with Crippen LogP contribution in [0.15, 0.2) is 4.99 Å². The van der Waals surface area contributed by atoms with Gasteiger partial charge in [-0.05, 0) is 19.8 Å². The monoisotopic (exact) mass is 557 g/mol. The van der Waals surface area contributed by atoms with Crippen molar-refractivity contribution in [2.75, 3.05) is 32.7 Å². The third-order valence-electron chi connectivity index (χ3n) is 4.12. The molecule has 1 fully saturated rings. The van der Waals surface area contributed by atoms with E-state index in [9.17, 15) is 26.4 Å². The van der Waals surface area contributed by atoms with Gasteiger partial charge in [-0.25, -0.2) is 8.42 Å². The first-order valence-corrected chi connectivity index (χ1v) is 10.6. The molecule has 1 rings (SSSR count). The predicted octanol–water partition coefficient (Wildman–Crippen LogP) is 1.64. The van der Waals surface area contributed by atoms with Crippen LogP contribution >= 0.6 is 24.0 Å². The first kappa shape index (κ1) is 28.2. The SMILES string of the molecule is CCNC(=NCCNC(=O)C(C)(C)C)NC1CCN(S(=O)(=O)C(F)(F)F)CC1.I. The summed E-state index contributed by atoms with van der Waals surface area (Å²) in [6.45, 7) is 8.15. The molecule has 1 heterocycles. The fourth-order valence-corrected chi connectivity index (χ4v) is 3.49. The second kappa shape index (κ2) is 11.5. The minimum atomic E-state index is -5.28. The maximum atomic E-state index is 12.6. The summed E-state index contributed by atoms with van der Waals surface area (Å²) in [7, 11) is -5.28. The lowest BCUT2D eigenvalue weighted by Crippen LogP contribution is -2.51. The average Bonchev–Trinajstić information content (AvgIpc) is 2.57. The Bertz CT molecular complexity index is 658. The lowest BCUT2D eigenvalue weighted by atomic mass is 9.96. The summed E-state index contributed by atoms with van der Waals surface area (Å²) >= 11 is 0. The zero-order valence-corrected chi connectivity index (χ0v) is 20.2. The summed E-state index contributed by atoms with van der Waals surface area (Å²) in [4.78, 5) is 16.1. The van der Waals surface area contributed by atoms with Crippen LogP contribution in [0.4, 0.5) is 13.2 Å². The van der Waals surface area contributed by atoms with Crippen molar-refractivity contribution < 1.29 is 26.4 Å². The Morgan fingerprint density at radius 3 is 2.14 bits per heavy atom. The van der Waals surface area contributed by atoms with Crippen molar-refractivity contribution >= 4 is 45.9 Å². The largest absolute Gasteiger partial charge is 0.511 e. The van der Waals surface area contributed by atoms with Crippen LogP contribution < -0.4 is 16.0 Å². The van der Waals surface area contributed by atoms with Crippen molar-refractivity contribution in [2.45, 2.75) is 52.1 Å². The number of nitrogens with zero attached hydrogens (tertiary/aromatic N) is 2. The van der Waals surface area contributed by atoms with Crippen LogP contribution in [0.2, 0.25) is 0 Å². The molecule has 8 nitrogen and oxygen atoms in total. The molecule has 0 radical (unpaired) electrons. The highest BCUT2D eigenvalue weighted by Crippen LogP contribution is 2.28. The number of carbonyl (C=O) groups excluding carboxylic acids is 1. The minimum Gasteiger partial charge on any atom is -0.357 e. The molecular weight excluding hydrogens is 526 g/mol. The maximum absolute atomic E-state index is 12.6. The van der Waals surface area contributed by atoms with Crippen LogP contribution in [-0.2, 0) is 14.8 Å². The molecule has 172 valence electrons. The van der Waals surface area contributed by atoms with Gasteiger partial charge >= 0.3 is 15.5 Å². The number of hydrogen-bond acceptors (Lipinski definition) is 4. The van der Waals surface area contributed by atoms with Gasteiger partial charge in [-0.1, -0.05) is 20.8 Å². The van der Waals surface area contributed by atoms with Gasteiger partial charge in [-0.3, -0.25) is 9.79 Å². The number of alkyl halides is 3. The number of rotatable bonds is 6. The molecule has 0 bridgehead atoms. The van der Waals surface area contributed by atoms with Gasteiger partial charge in [0.2, 0.25) is 5.91 Å². The van der Waals surface area contributed by atoms with E-state index in [2.05, 4.69) is 20.9 Å². The quantitative estimate of drug-likeness (QED) is 0.200. The lowest BCUT2D eigenvalue weighted by Gasteiger charge is -2.32. The Balaban J connectivity index is 0.00000784. The summed E-state index contributed by atoms with van der Waals surface area (Å²) in [6.07, 6.45) is 0.473. The molecule has 1 aliphatic heterocycles. The maximum Gasteiger partial charge on any atom is 0.511 e. The molecule has 13 heteroatoms. The summed E-state index contributed by atoms with van der Waals surface area (Å²) < 4.78 is 61.2. The molecule has 0 atom stereocenters. The first-order valence-electron chi connectivity index (χ1n) is 9.18. The molecule has 1 saturated heterocycles. The molecule has 0 aromatic rings. The summed E-state index contributed by atoms with van der Waals surface area (Å²) in [6, 6.07) is -0.193. The molecule has 0 spiro atoms. The van der Waals surface area contributed by atoms with E-state index in [1.165, 1.54) is 0 Å². The number of guanidine groups is 1. The summed E-state index contributed by atoms with van der Waals surface area (Å²) in [5.74, 6) is 0.392. The first-order chi connectivity index (χ1) is 12.8. The van der Waals surface area contributed by atoms with E-state index < -0.39 is 20.9 Å². The number of sulfonamides is 1. The molecule has 0 aromatic heterocycles. The topological polar surface area (TPSA) is 103 Å².